The maximum absolute atomic E-state index is 12.6. The molecule has 3 heterocycles. The van der Waals surface area contributed by atoms with Crippen LogP contribution in [0.1, 0.15) is 23.6 Å². The van der Waals surface area contributed by atoms with Crippen LogP contribution in [0, 0.1) is 6.92 Å². The first-order chi connectivity index (χ1) is 12.5. The molecule has 0 radical (unpaired) electrons. The van der Waals surface area contributed by atoms with Crippen molar-refractivity contribution < 1.29 is 9.59 Å². The van der Waals surface area contributed by atoms with E-state index >= 15 is 0 Å². The zero-order valence-corrected chi connectivity index (χ0v) is 15.2. The molecule has 0 saturated carbocycles. The molecule has 2 aliphatic rings. The van der Waals surface area contributed by atoms with Gasteiger partial charge in [0.15, 0.2) is 0 Å². The zero-order chi connectivity index (χ0) is 18.3. The lowest BCUT2D eigenvalue weighted by molar-refractivity contribution is -0.117. The number of amides is 3. The molecule has 7 nitrogen and oxygen atoms in total. The summed E-state index contributed by atoms with van der Waals surface area (Å²) in [6, 6.07) is 6.81. The standard InChI is InChI=1S/C18H20ClN5O2/c1-11-20-15-6-7-23(10-16(15)21-11)18(26)22-13-8-17(25)24(9-13)14-4-2-12(19)3-5-14/h2-5,13H,6-10H2,1H3,(H,20,21)(H,22,26)/t13-/m0/s1. The maximum Gasteiger partial charge on any atom is 0.318 e. The van der Waals surface area contributed by atoms with E-state index in [0.29, 0.717) is 31.1 Å². The molecule has 0 aliphatic carbocycles. The van der Waals surface area contributed by atoms with Crippen LogP contribution in [0.25, 0.3) is 0 Å². The number of nitrogens with zero attached hydrogens (tertiary/aromatic N) is 3. The van der Waals surface area contributed by atoms with E-state index in [1.54, 1.807) is 21.9 Å². The van der Waals surface area contributed by atoms with E-state index in [1.807, 2.05) is 19.1 Å². The van der Waals surface area contributed by atoms with E-state index in [1.165, 1.54) is 0 Å². The lowest BCUT2D eigenvalue weighted by atomic mass is 10.1. The highest BCUT2D eigenvalue weighted by Crippen LogP contribution is 2.24. The fourth-order valence-corrected chi connectivity index (χ4v) is 3.68. The topological polar surface area (TPSA) is 81.3 Å². The highest BCUT2D eigenvalue weighted by molar-refractivity contribution is 6.30. The lowest BCUT2D eigenvalue weighted by Crippen LogP contribution is -2.47. The maximum atomic E-state index is 12.6. The fraction of sp³-hybridized carbons (Fsp3) is 0.389. The summed E-state index contributed by atoms with van der Waals surface area (Å²) in [6.45, 7) is 3.53. The predicted octanol–water partition coefficient (Wildman–Crippen LogP) is 2.24. The van der Waals surface area contributed by atoms with Crippen molar-refractivity contribution in [2.24, 2.45) is 0 Å². The van der Waals surface area contributed by atoms with Gasteiger partial charge in [0, 0.05) is 36.6 Å². The predicted molar refractivity (Wildman–Crippen MR) is 98.2 cm³/mol. The minimum absolute atomic E-state index is 0.00254. The third-order valence-electron chi connectivity index (χ3n) is 4.83. The van der Waals surface area contributed by atoms with Gasteiger partial charge < -0.3 is 20.1 Å². The molecule has 1 fully saturated rings. The molecule has 0 unspecified atom stereocenters. The molecule has 2 N–H and O–H groups in total. The summed E-state index contributed by atoms with van der Waals surface area (Å²) in [4.78, 5) is 36.0. The molecule has 1 saturated heterocycles. The van der Waals surface area contributed by atoms with Gasteiger partial charge in [0.25, 0.3) is 0 Å². The molecule has 8 heteroatoms. The van der Waals surface area contributed by atoms with Crippen molar-refractivity contribution in [1.29, 1.82) is 0 Å². The number of benzene rings is 1. The number of urea groups is 1. The van der Waals surface area contributed by atoms with Gasteiger partial charge in [-0.05, 0) is 31.2 Å². The van der Waals surface area contributed by atoms with Crippen LogP contribution >= 0.6 is 11.6 Å². The Hall–Kier alpha value is -2.54. The van der Waals surface area contributed by atoms with E-state index in [2.05, 4.69) is 15.3 Å². The van der Waals surface area contributed by atoms with Crippen LogP contribution in [-0.4, -0.2) is 45.9 Å². The molecule has 26 heavy (non-hydrogen) atoms. The van der Waals surface area contributed by atoms with Gasteiger partial charge in [0.05, 0.1) is 24.0 Å². The normalized spacial score (nSPS) is 19.6. The number of aromatic amines is 1. The molecular formula is C18H20ClN5O2. The van der Waals surface area contributed by atoms with Crippen molar-refractivity contribution in [3.05, 3.63) is 46.5 Å². The van der Waals surface area contributed by atoms with Gasteiger partial charge in [-0.25, -0.2) is 9.78 Å². The number of carbonyl (C=O) groups is 2. The van der Waals surface area contributed by atoms with Crippen molar-refractivity contribution in [3.63, 3.8) is 0 Å². The van der Waals surface area contributed by atoms with Crippen LogP contribution in [0.15, 0.2) is 24.3 Å². The monoisotopic (exact) mass is 373 g/mol. The van der Waals surface area contributed by atoms with Gasteiger partial charge in [-0.15, -0.1) is 0 Å². The zero-order valence-electron chi connectivity index (χ0n) is 14.5. The highest BCUT2D eigenvalue weighted by Gasteiger charge is 2.33. The minimum Gasteiger partial charge on any atom is -0.344 e. The number of hydrogen-bond donors (Lipinski definition) is 2. The number of imidazole rings is 1. The number of hydrogen-bond acceptors (Lipinski definition) is 3. The molecule has 136 valence electrons. The summed E-state index contributed by atoms with van der Waals surface area (Å²) in [6.07, 6.45) is 1.05. The van der Waals surface area contributed by atoms with E-state index in [4.69, 9.17) is 11.6 Å². The molecule has 1 atom stereocenters. The molecule has 0 bridgehead atoms. The Morgan fingerprint density at radius 3 is 2.88 bits per heavy atom. The third kappa shape index (κ3) is 3.26. The van der Waals surface area contributed by atoms with E-state index in [0.717, 1.165) is 29.3 Å². The Bertz CT molecular complexity index is 848. The number of nitrogens with one attached hydrogen (secondary N) is 2. The third-order valence-corrected chi connectivity index (χ3v) is 5.08. The summed E-state index contributed by atoms with van der Waals surface area (Å²) in [7, 11) is 0. The Morgan fingerprint density at radius 1 is 1.35 bits per heavy atom. The summed E-state index contributed by atoms with van der Waals surface area (Å²) < 4.78 is 0. The number of aryl methyl sites for hydroxylation is 1. The molecule has 1 aromatic carbocycles. The number of halogens is 1. The molecular weight excluding hydrogens is 354 g/mol. The summed E-state index contributed by atoms with van der Waals surface area (Å²) >= 11 is 5.90. The van der Waals surface area contributed by atoms with Gasteiger partial charge in [-0.3, -0.25) is 4.79 Å². The largest absolute Gasteiger partial charge is 0.344 e. The molecule has 3 amide bonds. The summed E-state index contributed by atoms with van der Waals surface area (Å²) in [5.74, 6) is 0.875. The molecule has 1 aromatic heterocycles. The van der Waals surface area contributed by atoms with Crippen LogP contribution < -0.4 is 10.2 Å². The van der Waals surface area contributed by atoms with E-state index in [-0.39, 0.29) is 18.0 Å². The van der Waals surface area contributed by atoms with Crippen LogP contribution in [0.2, 0.25) is 5.02 Å². The Labute approximate surface area is 156 Å². The smallest absolute Gasteiger partial charge is 0.318 e. The van der Waals surface area contributed by atoms with Crippen LogP contribution in [0.4, 0.5) is 10.5 Å². The van der Waals surface area contributed by atoms with Crippen LogP contribution in [-0.2, 0) is 17.8 Å². The summed E-state index contributed by atoms with van der Waals surface area (Å²) in [5, 5.41) is 3.62. The average molecular weight is 374 g/mol. The molecule has 2 aliphatic heterocycles. The summed E-state index contributed by atoms with van der Waals surface area (Å²) in [5.41, 5.74) is 2.83. The number of anilines is 1. The van der Waals surface area contributed by atoms with Crippen LogP contribution in [0.3, 0.4) is 0 Å². The Kier molecular flexibility index (Phi) is 4.32. The molecule has 4 rings (SSSR count). The number of H-pyrrole nitrogens is 1. The lowest BCUT2D eigenvalue weighted by Gasteiger charge is -2.27. The first kappa shape index (κ1) is 16.9. The van der Waals surface area contributed by atoms with Gasteiger partial charge >= 0.3 is 6.03 Å². The van der Waals surface area contributed by atoms with Crippen molar-refractivity contribution >= 4 is 29.2 Å². The number of carbonyl (C=O) groups excluding carboxylic acids is 2. The second-order valence-electron chi connectivity index (χ2n) is 6.75. The first-order valence-corrected chi connectivity index (χ1v) is 9.03. The first-order valence-electron chi connectivity index (χ1n) is 8.65. The second kappa shape index (κ2) is 6.64. The van der Waals surface area contributed by atoms with Gasteiger partial charge in [0.1, 0.15) is 5.82 Å². The van der Waals surface area contributed by atoms with Gasteiger partial charge in [0.2, 0.25) is 5.91 Å². The van der Waals surface area contributed by atoms with E-state index < -0.39 is 0 Å². The minimum atomic E-state index is -0.199. The van der Waals surface area contributed by atoms with Crippen LogP contribution in [0.5, 0.6) is 0 Å². The van der Waals surface area contributed by atoms with Crippen molar-refractivity contribution in [2.45, 2.75) is 32.4 Å². The van der Waals surface area contributed by atoms with Gasteiger partial charge in [-0.1, -0.05) is 11.6 Å². The number of fused-ring (bicyclic) bond motifs is 1. The highest BCUT2D eigenvalue weighted by atomic mass is 35.5. The van der Waals surface area contributed by atoms with E-state index in [9.17, 15) is 9.59 Å². The van der Waals surface area contributed by atoms with Gasteiger partial charge in [-0.2, -0.15) is 0 Å². The van der Waals surface area contributed by atoms with Crippen molar-refractivity contribution in [3.8, 4) is 0 Å². The second-order valence-corrected chi connectivity index (χ2v) is 7.19. The molecule has 0 spiro atoms. The Balaban J connectivity index is 1.38. The van der Waals surface area contributed by atoms with Crippen molar-refractivity contribution in [2.75, 3.05) is 18.0 Å². The number of rotatable bonds is 2. The Morgan fingerprint density at radius 2 is 2.12 bits per heavy atom. The quantitative estimate of drug-likeness (QED) is 0.847. The average Bonchev–Trinajstić information content (AvgIpc) is 3.16. The number of aromatic nitrogens is 2. The van der Waals surface area contributed by atoms with Crippen molar-refractivity contribution in [1.82, 2.24) is 20.2 Å². The fourth-order valence-electron chi connectivity index (χ4n) is 3.55. The SMILES string of the molecule is Cc1nc2c([nH]1)CN(C(=O)N[C@H]1CC(=O)N(c3ccc(Cl)cc3)C1)CC2. The molecule has 2 aromatic rings.